The fourth-order valence-electron chi connectivity index (χ4n) is 2.40. The number of hydrogen-bond acceptors (Lipinski definition) is 2. The number of benzene rings is 1. The van der Waals surface area contributed by atoms with Crippen molar-refractivity contribution in [2.24, 2.45) is 5.92 Å². The summed E-state index contributed by atoms with van der Waals surface area (Å²) >= 11 is 0. The van der Waals surface area contributed by atoms with Gasteiger partial charge in [-0.3, -0.25) is 4.90 Å². The average molecular weight is 286 g/mol. The Labute approximate surface area is 114 Å². The van der Waals surface area contributed by atoms with Gasteiger partial charge in [-0.05, 0) is 38.1 Å². The molecular weight excluding hydrogens is 272 g/mol. The van der Waals surface area contributed by atoms with Gasteiger partial charge in [0.2, 0.25) is 0 Å². The molecule has 0 aromatic heterocycles. The summed E-state index contributed by atoms with van der Waals surface area (Å²) in [6.45, 7) is 0.898. The topological polar surface area (TPSA) is 27.0 Å². The molecule has 0 radical (unpaired) electrons. The molecule has 0 spiro atoms. The molecule has 0 amide bonds. The highest BCUT2D eigenvalue weighted by atomic mass is 19.4. The molecule has 0 aliphatic carbocycles. The molecule has 0 N–H and O–H groups in total. The lowest BCUT2D eigenvalue weighted by Gasteiger charge is -2.32. The Bertz CT molecular complexity index is 511. The van der Waals surface area contributed by atoms with Crippen LogP contribution in [0.15, 0.2) is 18.2 Å². The minimum Gasteiger partial charge on any atom is -0.299 e. The highest BCUT2D eigenvalue weighted by molar-refractivity contribution is 5.32. The van der Waals surface area contributed by atoms with Gasteiger partial charge in [0, 0.05) is 12.1 Å². The molecule has 0 saturated carbocycles. The van der Waals surface area contributed by atoms with Crippen molar-refractivity contribution < 1.29 is 17.6 Å². The van der Waals surface area contributed by atoms with Crippen molar-refractivity contribution in [2.75, 3.05) is 13.1 Å². The van der Waals surface area contributed by atoms with Gasteiger partial charge >= 0.3 is 6.18 Å². The van der Waals surface area contributed by atoms with Gasteiger partial charge in [-0.2, -0.15) is 18.4 Å². The van der Waals surface area contributed by atoms with E-state index >= 15 is 0 Å². The summed E-state index contributed by atoms with van der Waals surface area (Å²) in [5, 5.41) is 8.65. The van der Waals surface area contributed by atoms with E-state index in [1.807, 2.05) is 11.0 Å². The summed E-state index contributed by atoms with van der Waals surface area (Å²) in [4.78, 5) is 1.81. The van der Waals surface area contributed by atoms with E-state index < -0.39 is 17.9 Å². The molecule has 2 rings (SSSR count). The van der Waals surface area contributed by atoms with Gasteiger partial charge in [-0.1, -0.05) is 6.07 Å². The van der Waals surface area contributed by atoms with Crippen LogP contribution in [0.5, 0.6) is 0 Å². The largest absolute Gasteiger partial charge is 0.391 e. The molecule has 1 aromatic carbocycles. The lowest BCUT2D eigenvalue weighted by atomic mass is 9.96. The molecule has 1 aromatic rings. The van der Waals surface area contributed by atoms with Crippen LogP contribution in [0, 0.1) is 23.1 Å². The lowest BCUT2D eigenvalue weighted by Crippen LogP contribution is -2.38. The molecular formula is C14H14F4N2. The maximum Gasteiger partial charge on any atom is 0.391 e. The van der Waals surface area contributed by atoms with Crippen molar-refractivity contribution in [3.63, 3.8) is 0 Å². The Morgan fingerprint density at radius 2 is 1.90 bits per heavy atom. The van der Waals surface area contributed by atoms with Crippen LogP contribution in [-0.4, -0.2) is 24.2 Å². The van der Waals surface area contributed by atoms with Gasteiger partial charge in [0.25, 0.3) is 0 Å². The SMILES string of the molecule is N#Cc1ccc(CN2CCC(C(F)(F)F)CC2)c(F)c1. The Kier molecular flexibility index (Phi) is 4.29. The third-order valence-electron chi connectivity index (χ3n) is 3.63. The van der Waals surface area contributed by atoms with Gasteiger partial charge in [0.05, 0.1) is 17.6 Å². The van der Waals surface area contributed by atoms with Crippen LogP contribution in [0.4, 0.5) is 17.6 Å². The summed E-state index contributed by atoms with van der Waals surface area (Å²) < 4.78 is 51.3. The third-order valence-corrected chi connectivity index (χ3v) is 3.63. The van der Waals surface area contributed by atoms with Crippen molar-refractivity contribution in [2.45, 2.75) is 25.6 Å². The summed E-state index contributed by atoms with van der Waals surface area (Å²) in [7, 11) is 0. The maximum atomic E-state index is 13.7. The molecule has 1 saturated heterocycles. The van der Waals surface area contributed by atoms with E-state index in [0.29, 0.717) is 18.7 Å². The van der Waals surface area contributed by atoms with Crippen molar-refractivity contribution in [1.82, 2.24) is 4.90 Å². The van der Waals surface area contributed by atoms with Gasteiger partial charge in [0.1, 0.15) is 5.82 Å². The summed E-state index contributed by atoms with van der Waals surface area (Å²) in [6, 6.07) is 6.03. The number of likely N-dealkylation sites (tertiary alicyclic amines) is 1. The van der Waals surface area contributed by atoms with E-state index in [0.717, 1.165) is 6.07 Å². The van der Waals surface area contributed by atoms with Gasteiger partial charge in [-0.25, -0.2) is 4.39 Å². The van der Waals surface area contributed by atoms with Crippen LogP contribution in [-0.2, 0) is 6.54 Å². The number of halogens is 4. The zero-order valence-electron chi connectivity index (χ0n) is 10.8. The van der Waals surface area contributed by atoms with E-state index in [-0.39, 0.29) is 24.9 Å². The standard InChI is InChI=1S/C14H14F4N2/c15-13-7-10(8-19)1-2-11(13)9-20-5-3-12(4-6-20)14(16,17)18/h1-2,7,12H,3-6,9H2. The minimum absolute atomic E-state index is 0.0569. The van der Waals surface area contributed by atoms with Crippen LogP contribution >= 0.6 is 0 Å². The monoisotopic (exact) mass is 286 g/mol. The number of nitriles is 1. The van der Waals surface area contributed by atoms with Crippen LogP contribution < -0.4 is 0 Å². The number of rotatable bonds is 2. The predicted molar refractivity (Wildman–Crippen MR) is 65.2 cm³/mol. The quantitative estimate of drug-likeness (QED) is 0.778. The average Bonchev–Trinajstić information content (AvgIpc) is 2.40. The molecule has 108 valence electrons. The van der Waals surface area contributed by atoms with Gasteiger partial charge in [-0.15, -0.1) is 0 Å². The summed E-state index contributed by atoms with van der Waals surface area (Å²) in [6.07, 6.45) is -4.02. The molecule has 0 atom stereocenters. The zero-order chi connectivity index (χ0) is 14.8. The Balaban J connectivity index is 1.95. The zero-order valence-corrected chi connectivity index (χ0v) is 10.8. The number of piperidine rings is 1. The molecule has 1 fully saturated rings. The number of nitrogens with zero attached hydrogens (tertiary/aromatic N) is 2. The molecule has 1 aliphatic rings. The molecule has 1 aliphatic heterocycles. The first-order chi connectivity index (χ1) is 9.40. The van der Waals surface area contributed by atoms with E-state index in [4.69, 9.17) is 5.26 Å². The minimum atomic E-state index is -4.13. The van der Waals surface area contributed by atoms with Crippen LogP contribution in [0.1, 0.15) is 24.0 Å². The second kappa shape index (κ2) is 5.80. The first kappa shape index (κ1) is 14.8. The van der Waals surface area contributed by atoms with E-state index in [1.54, 1.807) is 0 Å². The van der Waals surface area contributed by atoms with Crippen LogP contribution in [0.2, 0.25) is 0 Å². The highest BCUT2D eigenvalue weighted by Crippen LogP contribution is 2.34. The molecule has 0 bridgehead atoms. The second-order valence-electron chi connectivity index (χ2n) is 5.01. The number of hydrogen-bond donors (Lipinski definition) is 0. The smallest absolute Gasteiger partial charge is 0.299 e. The Morgan fingerprint density at radius 3 is 2.40 bits per heavy atom. The Hall–Kier alpha value is -1.61. The molecule has 2 nitrogen and oxygen atoms in total. The lowest BCUT2D eigenvalue weighted by molar-refractivity contribution is -0.185. The Morgan fingerprint density at radius 1 is 1.25 bits per heavy atom. The summed E-state index contributed by atoms with van der Waals surface area (Å²) in [5.41, 5.74) is 0.650. The number of alkyl halides is 3. The van der Waals surface area contributed by atoms with Crippen molar-refractivity contribution >= 4 is 0 Å². The highest BCUT2D eigenvalue weighted by Gasteiger charge is 2.40. The fraction of sp³-hybridized carbons (Fsp3) is 0.500. The molecule has 1 heterocycles. The van der Waals surface area contributed by atoms with Crippen LogP contribution in [0.3, 0.4) is 0 Å². The molecule has 6 heteroatoms. The fourth-order valence-corrected chi connectivity index (χ4v) is 2.40. The van der Waals surface area contributed by atoms with Gasteiger partial charge in [0.15, 0.2) is 0 Å². The first-order valence-corrected chi connectivity index (χ1v) is 6.37. The van der Waals surface area contributed by atoms with Crippen LogP contribution in [0.25, 0.3) is 0 Å². The van der Waals surface area contributed by atoms with Crippen molar-refractivity contribution in [3.05, 3.63) is 35.1 Å². The van der Waals surface area contributed by atoms with Crippen molar-refractivity contribution in [1.29, 1.82) is 5.26 Å². The normalized spacial score (nSPS) is 17.9. The van der Waals surface area contributed by atoms with Crippen molar-refractivity contribution in [3.8, 4) is 6.07 Å². The first-order valence-electron chi connectivity index (χ1n) is 6.37. The van der Waals surface area contributed by atoms with E-state index in [1.165, 1.54) is 12.1 Å². The maximum absolute atomic E-state index is 13.7. The van der Waals surface area contributed by atoms with E-state index in [9.17, 15) is 17.6 Å². The third kappa shape index (κ3) is 3.48. The molecule has 0 unspecified atom stereocenters. The summed E-state index contributed by atoms with van der Waals surface area (Å²) in [5.74, 6) is -1.73. The van der Waals surface area contributed by atoms with Gasteiger partial charge < -0.3 is 0 Å². The molecule has 20 heavy (non-hydrogen) atoms. The second-order valence-corrected chi connectivity index (χ2v) is 5.01. The predicted octanol–water partition coefficient (Wildman–Crippen LogP) is 3.47. The van der Waals surface area contributed by atoms with E-state index in [2.05, 4.69) is 0 Å².